The first-order valence-electron chi connectivity index (χ1n) is 10.6. The van der Waals surface area contributed by atoms with Crippen molar-refractivity contribution >= 4 is 11.8 Å². The molecule has 3 aliphatic heterocycles. The van der Waals surface area contributed by atoms with Gasteiger partial charge in [-0.05, 0) is 48.8 Å². The number of hydrogen-bond donors (Lipinski definition) is 1. The average molecular weight is 402 g/mol. The van der Waals surface area contributed by atoms with Gasteiger partial charge >= 0.3 is 0 Å². The number of nitrogens with one attached hydrogen (secondary N) is 1. The SMILES string of the molecule is COc1cc(CNC(=O)CN2C[C@H]3C[C@H](C2)[C@H]2CCCC(=O)N2C3)cc(OC)c1. The lowest BCUT2D eigenvalue weighted by Gasteiger charge is -2.52. The number of carbonyl (C=O) groups is 2. The molecule has 1 aromatic carbocycles. The van der Waals surface area contributed by atoms with Gasteiger partial charge in [-0.1, -0.05) is 0 Å². The second kappa shape index (κ2) is 8.61. The highest BCUT2D eigenvalue weighted by molar-refractivity contribution is 5.78. The molecule has 3 fully saturated rings. The van der Waals surface area contributed by atoms with Gasteiger partial charge in [0.15, 0.2) is 0 Å². The van der Waals surface area contributed by atoms with Crippen molar-refractivity contribution < 1.29 is 19.1 Å². The van der Waals surface area contributed by atoms with Crippen molar-refractivity contribution in [2.24, 2.45) is 11.8 Å². The van der Waals surface area contributed by atoms with Crippen LogP contribution in [-0.4, -0.2) is 68.1 Å². The molecule has 3 heterocycles. The van der Waals surface area contributed by atoms with E-state index in [0.717, 1.165) is 38.0 Å². The maximum atomic E-state index is 12.6. The summed E-state index contributed by atoms with van der Waals surface area (Å²) in [5.41, 5.74) is 0.946. The summed E-state index contributed by atoms with van der Waals surface area (Å²) in [6, 6.07) is 6.01. The van der Waals surface area contributed by atoms with Crippen molar-refractivity contribution in [3.8, 4) is 11.5 Å². The van der Waals surface area contributed by atoms with Crippen molar-refractivity contribution in [2.45, 2.75) is 38.3 Å². The summed E-state index contributed by atoms with van der Waals surface area (Å²) < 4.78 is 10.6. The minimum atomic E-state index is 0.0309. The van der Waals surface area contributed by atoms with Gasteiger partial charge in [0.05, 0.1) is 20.8 Å². The number of nitrogens with zero attached hydrogens (tertiary/aromatic N) is 2. The summed E-state index contributed by atoms with van der Waals surface area (Å²) in [4.78, 5) is 29.2. The van der Waals surface area contributed by atoms with Crippen LogP contribution in [0.1, 0.15) is 31.2 Å². The summed E-state index contributed by atoms with van der Waals surface area (Å²) in [5.74, 6) is 2.77. The highest BCUT2D eigenvalue weighted by Gasteiger charge is 2.43. The molecule has 0 aromatic heterocycles. The summed E-state index contributed by atoms with van der Waals surface area (Å²) in [6.45, 7) is 3.52. The molecule has 3 aliphatic rings. The highest BCUT2D eigenvalue weighted by Crippen LogP contribution is 2.37. The van der Waals surface area contributed by atoms with Gasteiger partial charge in [0.2, 0.25) is 11.8 Å². The van der Waals surface area contributed by atoms with Crippen LogP contribution in [0.2, 0.25) is 0 Å². The molecule has 3 saturated heterocycles. The predicted molar refractivity (Wildman–Crippen MR) is 109 cm³/mol. The Balaban J connectivity index is 1.31. The van der Waals surface area contributed by atoms with Gasteiger partial charge in [0.25, 0.3) is 0 Å². The zero-order valence-corrected chi connectivity index (χ0v) is 17.4. The molecule has 1 aromatic rings. The Morgan fingerprint density at radius 2 is 1.90 bits per heavy atom. The smallest absolute Gasteiger partial charge is 0.234 e. The van der Waals surface area contributed by atoms with Crippen molar-refractivity contribution in [1.82, 2.24) is 15.1 Å². The molecule has 2 bridgehead atoms. The highest BCUT2D eigenvalue weighted by atomic mass is 16.5. The topological polar surface area (TPSA) is 71.1 Å². The molecule has 3 atom stereocenters. The molecule has 0 saturated carbocycles. The Bertz CT molecular complexity index is 746. The average Bonchev–Trinajstić information content (AvgIpc) is 2.72. The lowest BCUT2D eigenvalue weighted by molar-refractivity contribution is -0.145. The van der Waals surface area contributed by atoms with E-state index in [9.17, 15) is 9.59 Å². The second-order valence-corrected chi connectivity index (χ2v) is 8.56. The minimum Gasteiger partial charge on any atom is -0.497 e. The van der Waals surface area contributed by atoms with Gasteiger partial charge in [-0.15, -0.1) is 0 Å². The van der Waals surface area contributed by atoms with Gasteiger partial charge in [-0.2, -0.15) is 0 Å². The second-order valence-electron chi connectivity index (χ2n) is 8.56. The van der Waals surface area contributed by atoms with Crippen molar-refractivity contribution in [2.75, 3.05) is 40.4 Å². The van der Waals surface area contributed by atoms with Crippen molar-refractivity contribution in [3.05, 3.63) is 23.8 Å². The number of methoxy groups -OCH3 is 2. The fraction of sp³-hybridized carbons (Fsp3) is 0.636. The van der Waals surface area contributed by atoms with Gasteiger partial charge in [-0.3, -0.25) is 14.5 Å². The molecule has 1 N–H and O–H groups in total. The van der Waals surface area contributed by atoms with E-state index >= 15 is 0 Å². The molecule has 7 nitrogen and oxygen atoms in total. The van der Waals surface area contributed by atoms with Crippen LogP contribution in [0.3, 0.4) is 0 Å². The lowest BCUT2D eigenvalue weighted by Crippen LogP contribution is -2.61. The monoisotopic (exact) mass is 401 g/mol. The molecule has 0 spiro atoms. The van der Waals surface area contributed by atoms with E-state index in [1.54, 1.807) is 14.2 Å². The summed E-state index contributed by atoms with van der Waals surface area (Å²) in [6.07, 6.45) is 4.01. The van der Waals surface area contributed by atoms with Crippen LogP contribution in [0, 0.1) is 11.8 Å². The molecular weight excluding hydrogens is 370 g/mol. The Morgan fingerprint density at radius 1 is 1.14 bits per heavy atom. The van der Waals surface area contributed by atoms with Crippen LogP contribution < -0.4 is 14.8 Å². The van der Waals surface area contributed by atoms with Crippen molar-refractivity contribution in [3.63, 3.8) is 0 Å². The molecule has 7 heteroatoms. The molecular formula is C22H31N3O4. The zero-order chi connectivity index (χ0) is 20.4. The first kappa shape index (κ1) is 20.0. The van der Waals surface area contributed by atoms with Crippen LogP contribution in [0.4, 0.5) is 0 Å². The number of ether oxygens (including phenoxy) is 2. The largest absolute Gasteiger partial charge is 0.497 e. The minimum absolute atomic E-state index is 0.0309. The number of benzene rings is 1. The third-order valence-corrected chi connectivity index (χ3v) is 6.52. The Kier molecular flexibility index (Phi) is 5.94. The van der Waals surface area contributed by atoms with E-state index in [-0.39, 0.29) is 5.91 Å². The third-order valence-electron chi connectivity index (χ3n) is 6.52. The molecule has 0 aliphatic carbocycles. The van der Waals surface area contributed by atoms with E-state index in [1.807, 2.05) is 18.2 Å². The molecule has 0 unspecified atom stereocenters. The number of likely N-dealkylation sites (tertiary alicyclic amines) is 1. The number of amides is 2. The number of rotatable bonds is 6. The third kappa shape index (κ3) is 4.50. The number of carbonyl (C=O) groups excluding carboxylic acids is 2. The van der Waals surface area contributed by atoms with E-state index in [1.165, 1.54) is 6.42 Å². The van der Waals surface area contributed by atoms with Gasteiger partial charge < -0.3 is 19.7 Å². The molecule has 2 amide bonds. The zero-order valence-electron chi connectivity index (χ0n) is 17.4. The lowest BCUT2D eigenvalue weighted by atomic mass is 9.76. The molecule has 4 rings (SSSR count). The number of piperidine rings is 3. The first-order valence-corrected chi connectivity index (χ1v) is 10.6. The van der Waals surface area contributed by atoms with E-state index in [0.29, 0.717) is 54.8 Å². The quantitative estimate of drug-likeness (QED) is 0.785. The van der Waals surface area contributed by atoms with E-state index in [2.05, 4.69) is 15.1 Å². The number of hydrogen-bond acceptors (Lipinski definition) is 5. The van der Waals surface area contributed by atoms with E-state index < -0.39 is 0 Å². The maximum absolute atomic E-state index is 12.6. The van der Waals surface area contributed by atoms with Gasteiger partial charge in [-0.25, -0.2) is 0 Å². The Hall–Kier alpha value is -2.28. The van der Waals surface area contributed by atoms with Crippen LogP contribution in [0.15, 0.2) is 18.2 Å². The van der Waals surface area contributed by atoms with Gasteiger partial charge in [0.1, 0.15) is 11.5 Å². The standard InChI is InChI=1S/C22H31N3O4/c1-28-18-7-15(8-19(9-18)29-2)10-23-21(26)14-24-11-16-6-17(13-24)20-4-3-5-22(27)25(20)12-16/h7-9,16-17,20H,3-6,10-14H2,1-2H3,(H,23,26)/t16-,17-,20-/m1/s1. The predicted octanol–water partition coefficient (Wildman–Crippen LogP) is 1.65. The Morgan fingerprint density at radius 3 is 2.62 bits per heavy atom. The van der Waals surface area contributed by atoms with Gasteiger partial charge in [0, 0.05) is 44.7 Å². The Labute approximate surface area is 172 Å². The summed E-state index contributed by atoms with van der Waals surface area (Å²) in [5, 5.41) is 3.02. The van der Waals surface area contributed by atoms with E-state index in [4.69, 9.17) is 9.47 Å². The normalized spacial score (nSPS) is 26.6. The van der Waals surface area contributed by atoms with Crippen molar-refractivity contribution in [1.29, 1.82) is 0 Å². The first-order chi connectivity index (χ1) is 14.1. The molecule has 29 heavy (non-hydrogen) atoms. The summed E-state index contributed by atoms with van der Waals surface area (Å²) in [7, 11) is 3.23. The molecule has 0 radical (unpaired) electrons. The fourth-order valence-corrected chi connectivity index (χ4v) is 5.27. The van der Waals surface area contributed by atoms with Crippen LogP contribution >= 0.6 is 0 Å². The van der Waals surface area contributed by atoms with Crippen LogP contribution in [0.25, 0.3) is 0 Å². The summed E-state index contributed by atoms with van der Waals surface area (Å²) >= 11 is 0. The molecule has 158 valence electrons. The van der Waals surface area contributed by atoms with Crippen LogP contribution in [0.5, 0.6) is 11.5 Å². The maximum Gasteiger partial charge on any atom is 0.234 e. The number of fused-ring (bicyclic) bond motifs is 4. The fourth-order valence-electron chi connectivity index (χ4n) is 5.27. The van der Waals surface area contributed by atoms with Crippen LogP contribution in [-0.2, 0) is 16.1 Å².